The van der Waals surface area contributed by atoms with E-state index >= 15 is 0 Å². The summed E-state index contributed by atoms with van der Waals surface area (Å²) in [4.78, 5) is 4.78. The van der Waals surface area contributed by atoms with E-state index < -0.39 is 0 Å². The molecular weight excluding hydrogens is 282 g/mol. The van der Waals surface area contributed by atoms with Crippen molar-refractivity contribution in [2.24, 2.45) is 7.05 Å². The summed E-state index contributed by atoms with van der Waals surface area (Å²) in [5.41, 5.74) is 7.03. The van der Waals surface area contributed by atoms with Crippen LogP contribution in [0.4, 0.5) is 0 Å². The van der Waals surface area contributed by atoms with Crippen LogP contribution in [0.25, 0.3) is 39.0 Å². The van der Waals surface area contributed by atoms with Gasteiger partial charge in [-0.3, -0.25) is 4.40 Å². The van der Waals surface area contributed by atoms with Crippen molar-refractivity contribution in [3.05, 3.63) is 72.8 Å². The monoisotopic (exact) mass is 297 g/mol. The van der Waals surface area contributed by atoms with Gasteiger partial charge in [-0.15, -0.1) is 0 Å². The van der Waals surface area contributed by atoms with Gasteiger partial charge >= 0.3 is 0 Å². The standard InChI is InChI=1S/C20H15N3/c1-22-18-12-11-15(14-7-3-2-4-8-14)13-19(18)23-17-10-6-5-9-16(17)21-20(22)23/h2-13H,1H3. The largest absolute Gasteiger partial charge is 0.313 e. The number of fused-ring (bicyclic) bond motifs is 5. The number of rotatable bonds is 1. The highest BCUT2D eigenvalue weighted by Crippen LogP contribution is 2.29. The summed E-state index contributed by atoms with van der Waals surface area (Å²) in [7, 11) is 2.08. The van der Waals surface area contributed by atoms with Crippen molar-refractivity contribution < 1.29 is 0 Å². The lowest BCUT2D eigenvalue weighted by Crippen LogP contribution is -1.87. The summed E-state index contributed by atoms with van der Waals surface area (Å²) >= 11 is 0. The molecular formula is C20H15N3. The lowest BCUT2D eigenvalue weighted by Gasteiger charge is -2.03. The van der Waals surface area contributed by atoms with Crippen LogP contribution >= 0.6 is 0 Å². The number of para-hydroxylation sites is 2. The summed E-state index contributed by atoms with van der Waals surface area (Å²) in [6.07, 6.45) is 0. The summed E-state index contributed by atoms with van der Waals surface area (Å²) in [5, 5.41) is 0. The molecule has 0 saturated heterocycles. The van der Waals surface area contributed by atoms with Gasteiger partial charge in [-0.1, -0.05) is 48.5 Å². The Morgan fingerprint density at radius 2 is 1.48 bits per heavy atom. The number of nitrogens with zero attached hydrogens (tertiary/aromatic N) is 3. The molecule has 0 aliphatic heterocycles. The molecule has 0 N–H and O–H groups in total. The first-order chi connectivity index (χ1) is 11.3. The third-order valence-electron chi connectivity index (χ3n) is 4.53. The van der Waals surface area contributed by atoms with Crippen LogP contribution in [0.3, 0.4) is 0 Å². The first-order valence-corrected chi connectivity index (χ1v) is 7.74. The quantitative estimate of drug-likeness (QED) is 0.441. The number of hydrogen-bond acceptors (Lipinski definition) is 1. The molecule has 5 rings (SSSR count). The molecule has 110 valence electrons. The zero-order chi connectivity index (χ0) is 15.4. The predicted molar refractivity (Wildman–Crippen MR) is 94.6 cm³/mol. The first-order valence-electron chi connectivity index (χ1n) is 7.74. The van der Waals surface area contributed by atoms with Crippen LogP contribution in [0.15, 0.2) is 72.8 Å². The summed E-state index contributed by atoms with van der Waals surface area (Å²) < 4.78 is 4.40. The minimum atomic E-state index is 0.978. The molecule has 2 heterocycles. The Bertz CT molecular complexity index is 1160. The minimum absolute atomic E-state index is 0.978. The Balaban J connectivity index is 1.92. The number of aromatic nitrogens is 3. The van der Waals surface area contributed by atoms with E-state index in [9.17, 15) is 0 Å². The summed E-state index contributed by atoms with van der Waals surface area (Å²) in [6.45, 7) is 0. The lowest BCUT2D eigenvalue weighted by molar-refractivity contribution is 0.974. The van der Waals surface area contributed by atoms with E-state index in [0.717, 1.165) is 16.8 Å². The smallest absolute Gasteiger partial charge is 0.215 e. The molecule has 0 spiro atoms. The van der Waals surface area contributed by atoms with Gasteiger partial charge in [0.25, 0.3) is 0 Å². The molecule has 5 aromatic rings. The molecule has 0 saturated carbocycles. The number of benzene rings is 3. The molecule has 0 amide bonds. The van der Waals surface area contributed by atoms with E-state index in [1.807, 2.05) is 12.1 Å². The van der Waals surface area contributed by atoms with Crippen molar-refractivity contribution in [2.45, 2.75) is 0 Å². The molecule has 23 heavy (non-hydrogen) atoms. The molecule has 0 aliphatic rings. The van der Waals surface area contributed by atoms with Gasteiger partial charge in [-0.25, -0.2) is 4.98 Å². The maximum absolute atomic E-state index is 4.78. The second-order valence-electron chi connectivity index (χ2n) is 5.86. The summed E-state index contributed by atoms with van der Waals surface area (Å²) in [5.74, 6) is 0.978. The molecule has 0 radical (unpaired) electrons. The highest BCUT2D eigenvalue weighted by atomic mass is 15.2. The van der Waals surface area contributed by atoms with Crippen LogP contribution in [0.2, 0.25) is 0 Å². The minimum Gasteiger partial charge on any atom is -0.313 e. The fraction of sp³-hybridized carbons (Fsp3) is 0.0500. The third kappa shape index (κ3) is 1.67. The second-order valence-corrected chi connectivity index (χ2v) is 5.86. The van der Waals surface area contributed by atoms with Crippen molar-refractivity contribution in [2.75, 3.05) is 0 Å². The zero-order valence-corrected chi connectivity index (χ0v) is 12.8. The first kappa shape index (κ1) is 12.5. The van der Waals surface area contributed by atoms with Gasteiger partial charge in [0.05, 0.1) is 22.1 Å². The molecule has 0 unspecified atom stereocenters. The van der Waals surface area contributed by atoms with Crippen molar-refractivity contribution in [3.8, 4) is 11.1 Å². The number of imidazole rings is 2. The van der Waals surface area contributed by atoms with Gasteiger partial charge in [-0.05, 0) is 35.4 Å². The van der Waals surface area contributed by atoms with Gasteiger partial charge in [0, 0.05) is 7.05 Å². The zero-order valence-electron chi connectivity index (χ0n) is 12.8. The topological polar surface area (TPSA) is 22.2 Å². The Labute approximate surface area is 133 Å². The van der Waals surface area contributed by atoms with Crippen LogP contribution in [0.5, 0.6) is 0 Å². The molecule has 3 heteroatoms. The SMILES string of the molecule is Cn1c2ccc(-c3ccccc3)cc2n2c3ccccc3nc12. The van der Waals surface area contributed by atoms with Crippen LogP contribution in [0.1, 0.15) is 0 Å². The van der Waals surface area contributed by atoms with Crippen molar-refractivity contribution in [1.29, 1.82) is 0 Å². The Morgan fingerprint density at radius 1 is 0.696 bits per heavy atom. The van der Waals surface area contributed by atoms with Gasteiger partial charge in [-0.2, -0.15) is 0 Å². The fourth-order valence-electron chi connectivity index (χ4n) is 3.38. The summed E-state index contributed by atoms with van der Waals surface area (Å²) in [6, 6.07) is 25.4. The average molecular weight is 297 g/mol. The third-order valence-corrected chi connectivity index (χ3v) is 4.53. The maximum Gasteiger partial charge on any atom is 0.215 e. The molecule has 0 aliphatic carbocycles. The van der Waals surface area contributed by atoms with Gasteiger partial charge in [0.15, 0.2) is 0 Å². The average Bonchev–Trinajstić information content (AvgIpc) is 3.12. The molecule has 3 aromatic carbocycles. The van der Waals surface area contributed by atoms with E-state index in [0.29, 0.717) is 0 Å². The van der Waals surface area contributed by atoms with Gasteiger partial charge < -0.3 is 4.57 Å². The van der Waals surface area contributed by atoms with Crippen LogP contribution in [-0.4, -0.2) is 14.0 Å². The van der Waals surface area contributed by atoms with Crippen molar-refractivity contribution in [3.63, 3.8) is 0 Å². The Hall–Kier alpha value is -3.07. The van der Waals surface area contributed by atoms with E-state index in [-0.39, 0.29) is 0 Å². The highest BCUT2D eigenvalue weighted by molar-refractivity contribution is 5.92. The normalized spacial score (nSPS) is 11.7. The van der Waals surface area contributed by atoms with Gasteiger partial charge in [0.2, 0.25) is 5.78 Å². The van der Waals surface area contributed by atoms with Crippen LogP contribution in [-0.2, 0) is 7.05 Å². The van der Waals surface area contributed by atoms with E-state index in [1.54, 1.807) is 0 Å². The predicted octanol–water partition coefficient (Wildman–Crippen LogP) is 4.65. The highest BCUT2D eigenvalue weighted by Gasteiger charge is 2.14. The number of hydrogen-bond donors (Lipinski definition) is 0. The van der Waals surface area contributed by atoms with Crippen molar-refractivity contribution >= 4 is 27.8 Å². The molecule has 0 bridgehead atoms. The van der Waals surface area contributed by atoms with E-state index in [1.165, 1.54) is 22.2 Å². The van der Waals surface area contributed by atoms with Gasteiger partial charge in [0.1, 0.15) is 0 Å². The molecule has 0 fully saturated rings. The maximum atomic E-state index is 4.78. The van der Waals surface area contributed by atoms with Crippen LogP contribution in [0, 0.1) is 0 Å². The number of aryl methyl sites for hydroxylation is 1. The van der Waals surface area contributed by atoms with E-state index in [4.69, 9.17) is 4.98 Å². The van der Waals surface area contributed by atoms with E-state index in [2.05, 4.69) is 76.7 Å². The second kappa shape index (κ2) is 4.46. The lowest BCUT2D eigenvalue weighted by atomic mass is 10.1. The fourth-order valence-corrected chi connectivity index (χ4v) is 3.38. The molecule has 3 nitrogen and oxygen atoms in total. The Morgan fingerprint density at radius 3 is 2.35 bits per heavy atom. The van der Waals surface area contributed by atoms with Crippen LogP contribution < -0.4 is 0 Å². The van der Waals surface area contributed by atoms with Crippen molar-refractivity contribution in [1.82, 2.24) is 14.0 Å². The molecule has 0 atom stereocenters. The Kier molecular flexibility index (Phi) is 2.42. The molecule has 2 aromatic heterocycles.